The molecule has 1 heterocycles. The minimum absolute atomic E-state index is 0.324. The lowest BCUT2D eigenvalue weighted by molar-refractivity contribution is 0.117. The number of halogens is 1. The first-order valence-electron chi connectivity index (χ1n) is 6.07. The van der Waals surface area contributed by atoms with Gasteiger partial charge in [-0.2, -0.15) is 0 Å². The van der Waals surface area contributed by atoms with Gasteiger partial charge in [0, 0.05) is 6.07 Å². The molecule has 0 aromatic carbocycles. The lowest BCUT2D eigenvalue weighted by Crippen LogP contribution is -2.25. The Morgan fingerprint density at radius 1 is 1.44 bits per heavy atom. The van der Waals surface area contributed by atoms with Gasteiger partial charge in [-0.25, -0.2) is 4.98 Å². The van der Waals surface area contributed by atoms with Gasteiger partial charge in [-0.1, -0.05) is 37.4 Å². The third-order valence-corrected chi connectivity index (χ3v) is 3.50. The highest BCUT2D eigenvalue weighted by Crippen LogP contribution is 2.29. The van der Waals surface area contributed by atoms with E-state index in [1.807, 2.05) is 12.1 Å². The molecule has 0 spiro atoms. The maximum Gasteiger partial charge on any atom is 0.214 e. The molecule has 0 radical (unpaired) electrons. The molecule has 16 heavy (non-hydrogen) atoms. The van der Waals surface area contributed by atoms with Crippen molar-refractivity contribution in [3.63, 3.8) is 0 Å². The molecule has 1 aromatic rings. The van der Waals surface area contributed by atoms with Crippen molar-refractivity contribution in [1.29, 1.82) is 0 Å². The number of rotatable bonds is 3. The number of aromatic nitrogens is 1. The van der Waals surface area contributed by atoms with Crippen molar-refractivity contribution in [1.82, 2.24) is 4.98 Å². The first kappa shape index (κ1) is 11.7. The van der Waals surface area contributed by atoms with Crippen molar-refractivity contribution < 1.29 is 4.74 Å². The lowest BCUT2D eigenvalue weighted by Gasteiger charge is -2.28. The molecule has 1 aromatic heterocycles. The first-order valence-corrected chi connectivity index (χ1v) is 6.45. The van der Waals surface area contributed by atoms with Gasteiger partial charge in [-0.05, 0) is 31.2 Å². The molecule has 1 aliphatic carbocycles. The molecule has 3 heteroatoms. The predicted molar refractivity (Wildman–Crippen MR) is 65.9 cm³/mol. The molecule has 0 bridgehead atoms. The number of hydrogen-bond acceptors (Lipinski definition) is 2. The van der Waals surface area contributed by atoms with E-state index in [0.29, 0.717) is 17.1 Å². The van der Waals surface area contributed by atoms with Gasteiger partial charge in [0.15, 0.2) is 0 Å². The normalized spacial score (nSPS) is 25.4. The van der Waals surface area contributed by atoms with Crippen LogP contribution >= 0.6 is 11.6 Å². The van der Waals surface area contributed by atoms with Crippen LogP contribution in [0.2, 0.25) is 5.15 Å². The topological polar surface area (TPSA) is 22.1 Å². The summed E-state index contributed by atoms with van der Waals surface area (Å²) in [5.41, 5.74) is 0. The van der Waals surface area contributed by atoms with Gasteiger partial charge in [0.05, 0.1) is 0 Å². The second-order valence-corrected chi connectivity index (χ2v) is 4.87. The van der Waals surface area contributed by atoms with Crippen LogP contribution in [0.4, 0.5) is 0 Å². The number of ether oxygens (including phenoxy) is 1. The molecule has 0 aliphatic heterocycles. The minimum Gasteiger partial charge on any atom is -0.474 e. The van der Waals surface area contributed by atoms with Crippen molar-refractivity contribution in [2.45, 2.75) is 45.1 Å². The van der Waals surface area contributed by atoms with Crippen LogP contribution in [0.15, 0.2) is 18.2 Å². The molecule has 2 nitrogen and oxygen atoms in total. The Labute approximate surface area is 102 Å². The van der Waals surface area contributed by atoms with Crippen LogP contribution in [0.5, 0.6) is 5.88 Å². The van der Waals surface area contributed by atoms with Crippen molar-refractivity contribution in [2.24, 2.45) is 5.92 Å². The molecule has 2 rings (SSSR count). The summed E-state index contributed by atoms with van der Waals surface area (Å²) in [4.78, 5) is 4.16. The average Bonchev–Trinajstić information content (AvgIpc) is 2.29. The largest absolute Gasteiger partial charge is 0.474 e. The van der Waals surface area contributed by atoms with E-state index >= 15 is 0 Å². The number of nitrogens with zero attached hydrogens (tertiary/aromatic N) is 1. The Kier molecular flexibility index (Phi) is 4.05. The number of pyridine rings is 1. The van der Waals surface area contributed by atoms with E-state index in [4.69, 9.17) is 16.3 Å². The van der Waals surface area contributed by atoms with E-state index in [9.17, 15) is 0 Å². The summed E-state index contributed by atoms with van der Waals surface area (Å²) in [6.45, 7) is 2.25. The zero-order valence-electron chi connectivity index (χ0n) is 9.66. The molecule has 1 fully saturated rings. The summed E-state index contributed by atoms with van der Waals surface area (Å²) in [6.07, 6.45) is 6.49. The van der Waals surface area contributed by atoms with E-state index in [1.54, 1.807) is 6.07 Å². The summed E-state index contributed by atoms with van der Waals surface area (Å²) in [5, 5.41) is 0.500. The molecule has 2 unspecified atom stereocenters. The Balaban J connectivity index is 1.94. The summed E-state index contributed by atoms with van der Waals surface area (Å²) in [6, 6.07) is 5.52. The molecule has 1 saturated carbocycles. The quantitative estimate of drug-likeness (QED) is 0.742. The average molecular weight is 240 g/mol. The van der Waals surface area contributed by atoms with Crippen LogP contribution in [0.1, 0.15) is 39.0 Å². The monoisotopic (exact) mass is 239 g/mol. The molecule has 0 N–H and O–H groups in total. The predicted octanol–water partition coefficient (Wildman–Crippen LogP) is 4.08. The zero-order valence-corrected chi connectivity index (χ0v) is 10.4. The second kappa shape index (κ2) is 5.53. The fourth-order valence-electron chi connectivity index (χ4n) is 2.35. The lowest BCUT2D eigenvalue weighted by atomic mass is 9.85. The highest BCUT2D eigenvalue weighted by molar-refractivity contribution is 6.29. The molecule has 1 aliphatic rings. The van der Waals surface area contributed by atoms with Crippen LogP contribution in [0.25, 0.3) is 0 Å². The zero-order chi connectivity index (χ0) is 11.4. The van der Waals surface area contributed by atoms with Gasteiger partial charge in [0.25, 0.3) is 0 Å². The summed E-state index contributed by atoms with van der Waals surface area (Å²) < 4.78 is 5.87. The van der Waals surface area contributed by atoms with E-state index in [0.717, 1.165) is 18.8 Å². The van der Waals surface area contributed by atoms with E-state index in [2.05, 4.69) is 11.9 Å². The van der Waals surface area contributed by atoms with Crippen LogP contribution in [-0.4, -0.2) is 11.1 Å². The molecule has 0 saturated heterocycles. The second-order valence-electron chi connectivity index (χ2n) is 4.48. The summed E-state index contributed by atoms with van der Waals surface area (Å²) >= 11 is 5.83. The molecule has 2 atom stereocenters. The third-order valence-electron chi connectivity index (χ3n) is 3.29. The van der Waals surface area contributed by atoms with Crippen LogP contribution in [0, 0.1) is 5.92 Å². The van der Waals surface area contributed by atoms with Gasteiger partial charge in [-0.15, -0.1) is 0 Å². The molecule has 0 amide bonds. The van der Waals surface area contributed by atoms with Gasteiger partial charge in [0.1, 0.15) is 11.3 Å². The van der Waals surface area contributed by atoms with Crippen molar-refractivity contribution in [3.05, 3.63) is 23.4 Å². The third kappa shape index (κ3) is 3.11. The fourth-order valence-corrected chi connectivity index (χ4v) is 2.50. The van der Waals surface area contributed by atoms with E-state index in [1.165, 1.54) is 19.3 Å². The first-order chi connectivity index (χ1) is 7.78. The van der Waals surface area contributed by atoms with Gasteiger partial charge >= 0.3 is 0 Å². The Morgan fingerprint density at radius 3 is 3.06 bits per heavy atom. The number of hydrogen-bond donors (Lipinski definition) is 0. The molecular formula is C13H18ClNO. The van der Waals surface area contributed by atoms with E-state index < -0.39 is 0 Å². The van der Waals surface area contributed by atoms with Crippen LogP contribution in [-0.2, 0) is 0 Å². The van der Waals surface area contributed by atoms with Crippen LogP contribution in [0.3, 0.4) is 0 Å². The Bertz CT molecular complexity index is 342. The van der Waals surface area contributed by atoms with Crippen LogP contribution < -0.4 is 4.74 Å². The molecular weight excluding hydrogens is 222 g/mol. The Morgan fingerprint density at radius 2 is 2.31 bits per heavy atom. The van der Waals surface area contributed by atoms with Gasteiger partial charge < -0.3 is 4.74 Å². The fraction of sp³-hybridized carbons (Fsp3) is 0.615. The van der Waals surface area contributed by atoms with Gasteiger partial charge in [-0.3, -0.25) is 0 Å². The van der Waals surface area contributed by atoms with Gasteiger partial charge in [0.2, 0.25) is 5.88 Å². The SMILES string of the molecule is CCC1CCCC(Oc2cccc(Cl)n2)C1. The van der Waals surface area contributed by atoms with Crippen molar-refractivity contribution in [2.75, 3.05) is 0 Å². The van der Waals surface area contributed by atoms with Crippen molar-refractivity contribution in [3.8, 4) is 5.88 Å². The van der Waals surface area contributed by atoms with Crippen molar-refractivity contribution >= 4 is 11.6 Å². The maximum absolute atomic E-state index is 5.87. The minimum atomic E-state index is 0.324. The highest BCUT2D eigenvalue weighted by Gasteiger charge is 2.22. The maximum atomic E-state index is 5.87. The van der Waals surface area contributed by atoms with E-state index in [-0.39, 0.29) is 0 Å². The Hall–Kier alpha value is -0.760. The highest BCUT2D eigenvalue weighted by atomic mass is 35.5. The molecule has 88 valence electrons. The summed E-state index contributed by atoms with van der Waals surface area (Å²) in [5.74, 6) is 1.48. The summed E-state index contributed by atoms with van der Waals surface area (Å²) in [7, 11) is 0. The standard InChI is InChI=1S/C13H18ClNO/c1-2-10-5-3-6-11(9-10)16-13-8-4-7-12(14)15-13/h4,7-8,10-11H,2-3,5-6,9H2,1H3. The smallest absolute Gasteiger partial charge is 0.214 e.